The van der Waals surface area contributed by atoms with Crippen LogP contribution in [0.4, 0.5) is 9.18 Å². The van der Waals surface area contributed by atoms with E-state index in [1.54, 1.807) is 18.3 Å². The number of hydrogen-bond donors (Lipinski definition) is 2. The molecule has 0 spiro atoms. The van der Waals surface area contributed by atoms with Crippen LogP contribution >= 0.6 is 0 Å². The lowest BCUT2D eigenvalue weighted by atomic mass is 9.96. The Bertz CT molecular complexity index is 694. The monoisotopic (exact) mass is 330 g/mol. The molecule has 2 aromatic rings. The van der Waals surface area contributed by atoms with Crippen LogP contribution in [0.3, 0.4) is 0 Å². The van der Waals surface area contributed by atoms with Crippen molar-refractivity contribution < 1.29 is 9.18 Å². The zero-order valence-corrected chi connectivity index (χ0v) is 13.8. The SMILES string of the molecule is Cn1ccnc1C(NC(=O)NC1CCCCC1)c1cccc(F)c1. The Balaban J connectivity index is 1.77. The maximum Gasteiger partial charge on any atom is 0.315 e. The Morgan fingerprint density at radius 1 is 1.33 bits per heavy atom. The minimum atomic E-state index is -0.496. The fraction of sp³-hybridized carbons (Fsp3) is 0.444. The number of aryl methyl sites for hydroxylation is 1. The third-order valence-corrected chi connectivity index (χ3v) is 4.51. The maximum atomic E-state index is 13.6. The first-order valence-electron chi connectivity index (χ1n) is 8.43. The van der Waals surface area contributed by atoms with Crippen LogP contribution in [-0.2, 0) is 7.05 Å². The lowest BCUT2D eigenvalue weighted by Crippen LogP contribution is -2.44. The largest absolute Gasteiger partial charge is 0.336 e. The minimum absolute atomic E-state index is 0.216. The normalized spacial score (nSPS) is 16.6. The summed E-state index contributed by atoms with van der Waals surface area (Å²) in [5, 5.41) is 5.99. The number of imidazole rings is 1. The second-order valence-electron chi connectivity index (χ2n) is 6.34. The number of benzene rings is 1. The Morgan fingerprint density at radius 2 is 2.12 bits per heavy atom. The molecule has 128 valence electrons. The molecule has 0 bridgehead atoms. The van der Waals surface area contributed by atoms with Gasteiger partial charge in [0.2, 0.25) is 0 Å². The van der Waals surface area contributed by atoms with Gasteiger partial charge in [-0.2, -0.15) is 0 Å². The number of hydrogen-bond acceptors (Lipinski definition) is 2. The van der Waals surface area contributed by atoms with E-state index in [1.165, 1.54) is 18.6 Å². The van der Waals surface area contributed by atoms with Gasteiger partial charge in [0.05, 0.1) is 0 Å². The molecule has 1 aromatic heterocycles. The van der Waals surface area contributed by atoms with E-state index in [1.807, 2.05) is 17.8 Å². The lowest BCUT2D eigenvalue weighted by Gasteiger charge is -2.25. The topological polar surface area (TPSA) is 59.0 Å². The summed E-state index contributed by atoms with van der Waals surface area (Å²) in [5.41, 5.74) is 0.670. The van der Waals surface area contributed by atoms with Crippen LogP contribution in [0.15, 0.2) is 36.7 Å². The van der Waals surface area contributed by atoms with Crippen LogP contribution in [0.1, 0.15) is 49.5 Å². The molecule has 1 aliphatic rings. The van der Waals surface area contributed by atoms with Crippen LogP contribution < -0.4 is 10.6 Å². The fourth-order valence-electron chi connectivity index (χ4n) is 3.24. The molecule has 0 radical (unpaired) electrons. The molecular formula is C18H23FN4O. The number of carbonyl (C=O) groups is 1. The summed E-state index contributed by atoms with van der Waals surface area (Å²) in [6, 6.07) is 5.74. The highest BCUT2D eigenvalue weighted by Crippen LogP contribution is 2.22. The number of rotatable bonds is 4. The second-order valence-corrected chi connectivity index (χ2v) is 6.34. The summed E-state index contributed by atoms with van der Waals surface area (Å²) in [6.07, 6.45) is 9.04. The van der Waals surface area contributed by atoms with Gasteiger partial charge in [0.1, 0.15) is 17.7 Å². The summed E-state index contributed by atoms with van der Waals surface area (Å²) in [5.74, 6) is 0.334. The van der Waals surface area contributed by atoms with E-state index >= 15 is 0 Å². The smallest absolute Gasteiger partial charge is 0.315 e. The summed E-state index contributed by atoms with van der Waals surface area (Å²) in [7, 11) is 1.86. The second kappa shape index (κ2) is 7.47. The van der Waals surface area contributed by atoms with Gasteiger partial charge in [0.15, 0.2) is 0 Å². The van der Waals surface area contributed by atoms with Gasteiger partial charge in [-0.15, -0.1) is 0 Å². The number of amides is 2. The van der Waals surface area contributed by atoms with Crippen molar-refractivity contribution in [3.63, 3.8) is 0 Å². The van der Waals surface area contributed by atoms with Gasteiger partial charge in [0.25, 0.3) is 0 Å². The van der Waals surface area contributed by atoms with Gasteiger partial charge >= 0.3 is 6.03 Å². The Labute approximate surface area is 141 Å². The molecule has 24 heavy (non-hydrogen) atoms. The molecule has 0 aliphatic heterocycles. The van der Waals surface area contributed by atoms with Crippen molar-refractivity contribution in [2.24, 2.45) is 7.05 Å². The highest BCUT2D eigenvalue weighted by atomic mass is 19.1. The van der Waals surface area contributed by atoms with E-state index < -0.39 is 6.04 Å². The predicted molar refractivity (Wildman–Crippen MR) is 90.0 cm³/mol. The van der Waals surface area contributed by atoms with E-state index in [4.69, 9.17) is 0 Å². The molecule has 1 heterocycles. The van der Waals surface area contributed by atoms with Gasteiger partial charge in [0, 0.05) is 25.5 Å². The first kappa shape index (κ1) is 16.5. The van der Waals surface area contributed by atoms with Gasteiger partial charge in [-0.05, 0) is 30.5 Å². The zero-order chi connectivity index (χ0) is 16.9. The lowest BCUT2D eigenvalue weighted by molar-refractivity contribution is 0.230. The average Bonchev–Trinajstić information content (AvgIpc) is 2.99. The number of urea groups is 1. The first-order valence-corrected chi connectivity index (χ1v) is 8.43. The summed E-state index contributed by atoms with van der Waals surface area (Å²) < 4.78 is 15.5. The number of carbonyl (C=O) groups excluding carboxylic acids is 1. The van der Waals surface area contributed by atoms with Gasteiger partial charge < -0.3 is 15.2 Å². The van der Waals surface area contributed by atoms with Crippen molar-refractivity contribution >= 4 is 6.03 Å². The van der Waals surface area contributed by atoms with Crippen molar-refractivity contribution in [2.45, 2.75) is 44.2 Å². The Morgan fingerprint density at radius 3 is 2.79 bits per heavy atom. The average molecular weight is 330 g/mol. The van der Waals surface area contributed by atoms with Crippen molar-refractivity contribution in [1.29, 1.82) is 0 Å². The highest BCUT2D eigenvalue weighted by molar-refractivity contribution is 5.75. The van der Waals surface area contributed by atoms with Crippen LogP contribution in [-0.4, -0.2) is 21.6 Å². The van der Waals surface area contributed by atoms with E-state index in [0.717, 1.165) is 25.7 Å². The molecule has 6 heteroatoms. The molecule has 1 aromatic carbocycles. The molecule has 2 N–H and O–H groups in total. The summed E-state index contributed by atoms with van der Waals surface area (Å²) in [6.45, 7) is 0. The van der Waals surface area contributed by atoms with Crippen LogP contribution in [0.25, 0.3) is 0 Å². The quantitative estimate of drug-likeness (QED) is 0.904. The fourth-order valence-corrected chi connectivity index (χ4v) is 3.24. The van der Waals surface area contributed by atoms with E-state index in [-0.39, 0.29) is 17.9 Å². The zero-order valence-electron chi connectivity index (χ0n) is 13.8. The molecule has 1 fully saturated rings. The molecule has 1 saturated carbocycles. The van der Waals surface area contributed by atoms with E-state index in [9.17, 15) is 9.18 Å². The molecule has 0 saturated heterocycles. The molecule has 1 atom stereocenters. The predicted octanol–water partition coefficient (Wildman–Crippen LogP) is 3.28. The van der Waals surface area contributed by atoms with Crippen molar-refractivity contribution in [3.8, 4) is 0 Å². The summed E-state index contributed by atoms with van der Waals surface area (Å²) in [4.78, 5) is 16.8. The maximum absolute atomic E-state index is 13.6. The Kier molecular flexibility index (Phi) is 5.13. The van der Waals surface area contributed by atoms with E-state index in [0.29, 0.717) is 11.4 Å². The highest BCUT2D eigenvalue weighted by Gasteiger charge is 2.23. The molecule has 1 aliphatic carbocycles. The number of aromatic nitrogens is 2. The van der Waals surface area contributed by atoms with Crippen molar-refractivity contribution in [2.75, 3.05) is 0 Å². The van der Waals surface area contributed by atoms with E-state index in [2.05, 4.69) is 15.6 Å². The van der Waals surface area contributed by atoms with Gasteiger partial charge in [-0.1, -0.05) is 31.4 Å². The minimum Gasteiger partial charge on any atom is -0.336 e. The number of nitrogens with zero attached hydrogens (tertiary/aromatic N) is 2. The number of halogens is 1. The molecule has 1 unspecified atom stereocenters. The van der Waals surface area contributed by atoms with Crippen molar-refractivity contribution in [3.05, 3.63) is 53.9 Å². The van der Waals surface area contributed by atoms with Crippen LogP contribution in [0, 0.1) is 5.82 Å². The molecule has 5 nitrogen and oxygen atoms in total. The van der Waals surface area contributed by atoms with Crippen LogP contribution in [0.5, 0.6) is 0 Å². The first-order chi connectivity index (χ1) is 11.6. The van der Waals surface area contributed by atoms with Crippen LogP contribution in [0.2, 0.25) is 0 Å². The molecule has 2 amide bonds. The van der Waals surface area contributed by atoms with Gasteiger partial charge in [-0.3, -0.25) is 0 Å². The van der Waals surface area contributed by atoms with Crippen molar-refractivity contribution in [1.82, 2.24) is 20.2 Å². The third kappa shape index (κ3) is 3.93. The Hall–Kier alpha value is -2.37. The molecule has 3 rings (SSSR count). The van der Waals surface area contributed by atoms with Gasteiger partial charge in [-0.25, -0.2) is 14.2 Å². The number of nitrogens with one attached hydrogen (secondary N) is 2. The standard InChI is InChI=1S/C18H23FN4O/c1-23-11-10-20-17(23)16(13-6-5-7-14(19)12-13)22-18(24)21-15-8-3-2-4-9-15/h5-7,10-12,15-16H,2-4,8-9H2,1H3,(H2,21,22,24). The molecular weight excluding hydrogens is 307 g/mol. The summed E-state index contributed by atoms with van der Waals surface area (Å²) >= 11 is 0. The third-order valence-electron chi connectivity index (χ3n) is 4.51.